The molecule has 0 spiro atoms. The van der Waals surface area contributed by atoms with Gasteiger partial charge in [0.1, 0.15) is 5.75 Å². The third-order valence-corrected chi connectivity index (χ3v) is 3.59. The molecule has 0 aromatic heterocycles. The maximum atomic E-state index is 5.88. The zero-order valence-electron chi connectivity index (χ0n) is 12.8. The molecule has 3 heteroatoms. The van der Waals surface area contributed by atoms with Gasteiger partial charge in [-0.25, -0.2) is 0 Å². The van der Waals surface area contributed by atoms with Crippen LogP contribution in [0.25, 0.3) is 0 Å². The summed E-state index contributed by atoms with van der Waals surface area (Å²) in [6.45, 7) is 5.76. The molecule has 0 amide bonds. The van der Waals surface area contributed by atoms with Crippen LogP contribution in [0.5, 0.6) is 5.75 Å². The molecule has 3 N–H and O–H groups in total. The summed E-state index contributed by atoms with van der Waals surface area (Å²) in [5.41, 5.74) is 8.99. The fourth-order valence-electron chi connectivity index (χ4n) is 2.31. The van der Waals surface area contributed by atoms with E-state index in [1.165, 1.54) is 5.56 Å². The van der Waals surface area contributed by atoms with Crippen LogP contribution in [-0.4, -0.2) is 13.2 Å². The molecule has 1 atom stereocenters. The van der Waals surface area contributed by atoms with Gasteiger partial charge in [-0.05, 0) is 37.0 Å². The predicted molar refractivity (Wildman–Crippen MR) is 90.0 cm³/mol. The summed E-state index contributed by atoms with van der Waals surface area (Å²) in [7, 11) is 0. The molecule has 1 unspecified atom stereocenters. The van der Waals surface area contributed by atoms with E-state index >= 15 is 0 Å². The molecule has 0 saturated carbocycles. The van der Waals surface area contributed by atoms with Crippen molar-refractivity contribution in [2.75, 3.05) is 24.2 Å². The Hall–Kier alpha value is -2.16. The largest absolute Gasteiger partial charge is 0.492 e. The number of rotatable bonds is 7. The van der Waals surface area contributed by atoms with E-state index in [9.17, 15) is 0 Å². The van der Waals surface area contributed by atoms with E-state index < -0.39 is 0 Å². The molecule has 2 aromatic carbocycles. The molecule has 3 nitrogen and oxygen atoms in total. The van der Waals surface area contributed by atoms with Gasteiger partial charge in [-0.3, -0.25) is 0 Å². The smallest absolute Gasteiger partial charge is 0.144 e. The van der Waals surface area contributed by atoms with Gasteiger partial charge in [0.15, 0.2) is 0 Å². The van der Waals surface area contributed by atoms with E-state index in [1.54, 1.807) is 0 Å². The highest BCUT2D eigenvalue weighted by molar-refractivity contribution is 5.61. The fourth-order valence-corrected chi connectivity index (χ4v) is 2.31. The molecule has 0 saturated heterocycles. The van der Waals surface area contributed by atoms with Gasteiger partial charge < -0.3 is 15.8 Å². The lowest BCUT2D eigenvalue weighted by Gasteiger charge is -2.14. The second-order valence-corrected chi connectivity index (χ2v) is 5.21. The standard InChI is InChI=1S/C18H24N2O/c1-3-21-18-13-16(9-10-17(18)19)20-12-11-14(2)15-7-5-4-6-8-15/h4-10,13-14,20H,3,11-12,19H2,1-2H3. The monoisotopic (exact) mass is 284 g/mol. The van der Waals surface area contributed by atoms with Crippen LogP contribution in [0.4, 0.5) is 11.4 Å². The van der Waals surface area contributed by atoms with Crippen molar-refractivity contribution < 1.29 is 4.74 Å². The van der Waals surface area contributed by atoms with Crippen molar-refractivity contribution >= 4 is 11.4 Å². The average Bonchev–Trinajstić information content (AvgIpc) is 2.51. The van der Waals surface area contributed by atoms with Gasteiger partial charge in [-0.15, -0.1) is 0 Å². The first-order valence-corrected chi connectivity index (χ1v) is 7.52. The molecule has 2 rings (SSSR count). The number of ether oxygens (including phenoxy) is 1. The predicted octanol–water partition coefficient (Wildman–Crippen LogP) is 4.27. The Balaban J connectivity index is 1.87. The Kier molecular flexibility index (Phi) is 5.50. The van der Waals surface area contributed by atoms with Gasteiger partial charge in [0, 0.05) is 18.3 Å². The van der Waals surface area contributed by atoms with Gasteiger partial charge in [-0.2, -0.15) is 0 Å². The Morgan fingerprint density at radius 3 is 2.62 bits per heavy atom. The topological polar surface area (TPSA) is 47.3 Å². The first-order chi connectivity index (χ1) is 10.2. The summed E-state index contributed by atoms with van der Waals surface area (Å²) in [6.07, 6.45) is 1.08. The summed E-state index contributed by atoms with van der Waals surface area (Å²) >= 11 is 0. The first-order valence-electron chi connectivity index (χ1n) is 7.52. The van der Waals surface area contributed by atoms with Crippen molar-refractivity contribution in [3.8, 4) is 5.75 Å². The average molecular weight is 284 g/mol. The van der Waals surface area contributed by atoms with Crippen molar-refractivity contribution in [2.45, 2.75) is 26.2 Å². The molecular weight excluding hydrogens is 260 g/mol. The Morgan fingerprint density at radius 1 is 1.14 bits per heavy atom. The van der Waals surface area contributed by atoms with Crippen LogP contribution in [0, 0.1) is 0 Å². The SMILES string of the molecule is CCOc1cc(NCCC(C)c2ccccc2)ccc1N. The molecule has 21 heavy (non-hydrogen) atoms. The normalized spacial score (nSPS) is 11.9. The molecule has 2 aromatic rings. The third-order valence-electron chi connectivity index (χ3n) is 3.59. The molecule has 0 radical (unpaired) electrons. The van der Waals surface area contributed by atoms with Crippen molar-refractivity contribution in [1.82, 2.24) is 0 Å². The van der Waals surface area contributed by atoms with Crippen LogP contribution in [-0.2, 0) is 0 Å². The zero-order valence-corrected chi connectivity index (χ0v) is 12.8. The van der Waals surface area contributed by atoms with E-state index in [0.717, 1.165) is 24.4 Å². The van der Waals surface area contributed by atoms with E-state index in [1.807, 2.05) is 25.1 Å². The van der Waals surface area contributed by atoms with E-state index in [-0.39, 0.29) is 0 Å². The van der Waals surface area contributed by atoms with Gasteiger partial charge in [0.25, 0.3) is 0 Å². The van der Waals surface area contributed by atoms with E-state index in [4.69, 9.17) is 10.5 Å². The van der Waals surface area contributed by atoms with Gasteiger partial charge in [0.2, 0.25) is 0 Å². The second kappa shape index (κ2) is 7.58. The van der Waals surface area contributed by atoms with Crippen LogP contribution < -0.4 is 15.8 Å². The summed E-state index contributed by atoms with van der Waals surface area (Å²) in [6, 6.07) is 16.4. The third kappa shape index (κ3) is 4.42. The number of hydrogen-bond donors (Lipinski definition) is 2. The summed E-state index contributed by atoms with van der Waals surface area (Å²) in [5, 5.41) is 3.44. The molecule has 0 bridgehead atoms. The highest BCUT2D eigenvalue weighted by atomic mass is 16.5. The highest BCUT2D eigenvalue weighted by Crippen LogP contribution is 2.26. The van der Waals surface area contributed by atoms with Crippen molar-refractivity contribution in [2.24, 2.45) is 0 Å². The Labute approximate surface area is 127 Å². The highest BCUT2D eigenvalue weighted by Gasteiger charge is 2.05. The maximum Gasteiger partial charge on any atom is 0.144 e. The van der Waals surface area contributed by atoms with E-state index in [0.29, 0.717) is 18.2 Å². The lowest BCUT2D eigenvalue weighted by Crippen LogP contribution is -2.06. The number of benzene rings is 2. The number of hydrogen-bond acceptors (Lipinski definition) is 3. The van der Waals surface area contributed by atoms with Crippen LogP contribution >= 0.6 is 0 Å². The summed E-state index contributed by atoms with van der Waals surface area (Å²) in [4.78, 5) is 0. The molecule has 112 valence electrons. The lowest BCUT2D eigenvalue weighted by atomic mass is 9.98. The Morgan fingerprint density at radius 2 is 1.90 bits per heavy atom. The molecule has 0 fully saturated rings. The van der Waals surface area contributed by atoms with Crippen LogP contribution in [0.15, 0.2) is 48.5 Å². The van der Waals surface area contributed by atoms with Crippen molar-refractivity contribution in [1.29, 1.82) is 0 Å². The van der Waals surface area contributed by atoms with Crippen LogP contribution in [0.1, 0.15) is 31.7 Å². The molecular formula is C18H24N2O. The summed E-state index contributed by atoms with van der Waals surface area (Å²) < 4.78 is 5.51. The minimum atomic E-state index is 0.541. The minimum absolute atomic E-state index is 0.541. The van der Waals surface area contributed by atoms with Gasteiger partial charge in [0.05, 0.1) is 12.3 Å². The quantitative estimate of drug-likeness (QED) is 0.746. The first kappa shape index (κ1) is 15.2. The lowest BCUT2D eigenvalue weighted by molar-refractivity contribution is 0.342. The number of nitrogens with one attached hydrogen (secondary N) is 1. The zero-order chi connectivity index (χ0) is 15.1. The van der Waals surface area contributed by atoms with Gasteiger partial charge in [-0.1, -0.05) is 37.3 Å². The number of nitrogen functional groups attached to an aromatic ring is 1. The minimum Gasteiger partial charge on any atom is -0.492 e. The van der Waals surface area contributed by atoms with E-state index in [2.05, 4.69) is 42.6 Å². The maximum absolute atomic E-state index is 5.88. The van der Waals surface area contributed by atoms with Crippen molar-refractivity contribution in [3.05, 3.63) is 54.1 Å². The van der Waals surface area contributed by atoms with Gasteiger partial charge >= 0.3 is 0 Å². The fraction of sp³-hybridized carbons (Fsp3) is 0.333. The summed E-state index contributed by atoms with van der Waals surface area (Å²) in [5.74, 6) is 1.29. The number of anilines is 2. The van der Waals surface area contributed by atoms with Crippen LogP contribution in [0.3, 0.4) is 0 Å². The van der Waals surface area contributed by atoms with Crippen LogP contribution in [0.2, 0.25) is 0 Å². The Bertz CT molecular complexity index is 554. The molecule has 0 aliphatic rings. The van der Waals surface area contributed by atoms with Crippen molar-refractivity contribution in [3.63, 3.8) is 0 Å². The second-order valence-electron chi connectivity index (χ2n) is 5.21. The molecule has 0 heterocycles. The molecule has 0 aliphatic carbocycles. The molecule has 0 aliphatic heterocycles. The number of nitrogens with two attached hydrogens (primary N) is 1.